The van der Waals surface area contributed by atoms with E-state index < -0.39 is 0 Å². The van der Waals surface area contributed by atoms with Crippen molar-refractivity contribution in [1.82, 2.24) is 10.5 Å². The molecule has 0 aromatic carbocycles. The van der Waals surface area contributed by atoms with Crippen LogP contribution in [0.25, 0.3) is 0 Å². The summed E-state index contributed by atoms with van der Waals surface area (Å²) in [7, 11) is 0. The van der Waals surface area contributed by atoms with Crippen molar-refractivity contribution in [3.63, 3.8) is 0 Å². The van der Waals surface area contributed by atoms with Crippen molar-refractivity contribution in [1.29, 1.82) is 0 Å². The first kappa shape index (κ1) is 13.2. The molecular weight excluding hydrogens is 204 g/mol. The van der Waals surface area contributed by atoms with Crippen molar-refractivity contribution in [3.8, 4) is 0 Å². The summed E-state index contributed by atoms with van der Waals surface area (Å²) >= 11 is 0. The lowest BCUT2D eigenvalue weighted by atomic mass is 10.1. The summed E-state index contributed by atoms with van der Waals surface area (Å²) in [5, 5.41) is 16.0. The summed E-state index contributed by atoms with van der Waals surface area (Å²) in [5.74, 6) is 0.896. The van der Waals surface area contributed by atoms with Crippen molar-refractivity contribution in [2.75, 3.05) is 13.2 Å². The highest BCUT2D eigenvalue weighted by Gasteiger charge is 2.15. The van der Waals surface area contributed by atoms with Gasteiger partial charge in [0.2, 0.25) is 0 Å². The average molecular weight is 226 g/mol. The third-order valence-corrected chi connectivity index (χ3v) is 2.81. The summed E-state index contributed by atoms with van der Waals surface area (Å²) in [6.07, 6.45) is 3.05. The number of aliphatic hydroxyl groups excluding tert-OH is 1. The van der Waals surface area contributed by atoms with Gasteiger partial charge in [-0.2, -0.15) is 0 Å². The SMILES string of the molecule is Cc1noc(C)c1C(C)NCCCCCO. The van der Waals surface area contributed by atoms with Crippen LogP contribution in [-0.2, 0) is 0 Å². The number of aliphatic hydroxyl groups is 1. The van der Waals surface area contributed by atoms with E-state index in [1.807, 2.05) is 13.8 Å². The van der Waals surface area contributed by atoms with E-state index in [2.05, 4.69) is 17.4 Å². The number of rotatable bonds is 7. The molecule has 92 valence electrons. The molecule has 0 aliphatic carbocycles. The zero-order valence-corrected chi connectivity index (χ0v) is 10.4. The molecule has 0 saturated carbocycles. The third-order valence-electron chi connectivity index (χ3n) is 2.81. The number of unbranched alkanes of at least 4 members (excludes halogenated alkanes) is 2. The van der Waals surface area contributed by atoms with Crippen molar-refractivity contribution >= 4 is 0 Å². The fourth-order valence-electron chi connectivity index (χ4n) is 1.94. The Morgan fingerprint density at radius 3 is 2.62 bits per heavy atom. The fraction of sp³-hybridized carbons (Fsp3) is 0.750. The first-order valence-corrected chi connectivity index (χ1v) is 5.93. The Kier molecular flexibility index (Phi) is 5.49. The quantitative estimate of drug-likeness (QED) is 0.699. The largest absolute Gasteiger partial charge is 0.396 e. The number of aromatic nitrogens is 1. The van der Waals surface area contributed by atoms with Gasteiger partial charge in [-0.1, -0.05) is 5.16 Å². The summed E-state index contributed by atoms with van der Waals surface area (Å²) in [6, 6.07) is 0.278. The topological polar surface area (TPSA) is 58.3 Å². The van der Waals surface area contributed by atoms with Gasteiger partial charge in [-0.3, -0.25) is 0 Å². The highest BCUT2D eigenvalue weighted by atomic mass is 16.5. The molecule has 0 fully saturated rings. The van der Waals surface area contributed by atoms with Gasteiger partial charge in [-0.05, 0) is 46.6 Å². The second kappa shape index (κ2) is 6.66. The minimum absolute atomic E-state index is 0.278. The van der Waals surface area contributed by atoms with E-state index in [1.54, 1.807) is 0 Å². The second-order valence-electron chi connectivity index (χ2n) is 4.20. The maximum absolute atomic E-state index is 8.66. The van der Waals surface area contributed by atoms with E-state index in [1.165, 1.54) is 5.56 Å². The van der Waals surface area contributed by atoms with Crippen LogP contribution in [0.3, 0.4) is 0 Å². The molecule has 0 saturated heterocycles. The zero-order valence-electron chi connectivity index (χ0n) is 10.4. The van der Waals surface area contributed by atoms with Crippen LogP contribution >= 0.6 is 0 Å². The van der Waals surface area contributed by atoms with E-state index in [0.29, 0.717) is 6.61 Å². The summed E-state index contributed by atoms with van der Waals surface area (Å²) in [6.45, 7) is 7.29. The lowest BCUT2D eigenvalue weighted by Gasteiger charge is -2.13. The molecule has 4 nitrogen and oxygen atoms in total. The maximum Gasteiger partial charge on any atom is 0.138 e. The minimum atomic E-state index is 0.278. The van der Waals surface area contributed by atoms with Crippen LogP contribution in [0.4, 0.5) is 0 Å². The van der Waals surface area contributed by atoms with Gasteiger partial charge in [0.1, 0.15) is 5.76 Å². The van der Waals surface area contributed by atoms with E-state index >= 15 is 0 Å². The molecule has 0 bridgehead atoms. The Labute approximate surface area is 97.0 Å². The van der Waals surface area contributed by atoms with Gasteiger partial charge in [0.25, 0.3) is 0 Å². The van der Waals surface area contributed by atoms with Gasteiger partial charge in [-0.25, -0.2) is 0 Å². The predicted octanol–water partition coefficient (Wildman–Crippen LogP) is 2.10. The molecule has 0 aliphatic rings. The maximum atomic E-state index is 8.66. The van der Waals surface area contributed by atoms with Crippen LogP contribution in [-0.4, -0.2) is 23.4 Å². The average Bonchev–Trinajstić information content (AvgIpc) is 2.58. The summed E-state index contributed by atoms with van der Waals surface area (Å²) < 4.78 is 5.14. The molecule has 1 unspecified atom stereocenters. The first-order valence-electron chi connectivity index (χ1n) is 5.93. The monoisotopic (exact) mass is 226 g/mol. The van der Waals surface area contributed by atoms with Crippen molar-refractivity contribution in [3.05, 3.63) is 17.0 Å². The molecule has 1 rings (SSSR count). The van der Waals surface area contributed by atoms with Gasteiger partial charge in [0.15, 0.2) is 0 Å². The summed E-state index contributed by atoms with van der Waals surface area (Å²) in [4.78, 5) is 0. The highest BCUT2D eigenvalue weighted by molar-refractivity contribution is 5.24. The van der Waals surface area contributed by atoms with E-state index in [9.17, 15) is 0 Å². The highest BCUT2D eigenvalue weighted by Crippen LogP contribution is 2.20. The number of nitrogens with one attached hydrogen (secondary N) is 1. The van der Waals surface area contributed by atoms with Crippen LogP contribution in [0.15, 0.2) is 4.52 Å². The second-order valence-corrected chi connectivity index (χ2v) is 4.20. The van der Waals surface area contributed by atoms with Gasteiger partial charge in [0, 0.05) is 18.2 Å². The zero-order chi connectivity index (χ0) is 12.0. The molecule has 1 atom stereocenters. The first-order chi connectivity index (χ1) is 7.66. The Morgan fingerprint density at radius 2 is 2.06 bits per heavy atom. The molecule has 1 aromatic heterocycles. The fourth-order valence-corrected chi connectivity index (χ4v) is 1.94. The molecule has 0 amide bonds. The van der Waals surface area contributed by atoms with Gasteiger partial charge in [0.05, 0.1) is 5.69 Å². The van der Waals surface area contributed by atoms with Crippen LogP contribution < -0.4 is 5.32 Å². The van der Waals surface area contributed by atoms with Crippen LogP contribution in [0, 0.1) is 13.8 Å². The Hall–Kier alpha value is -0.870. The number of aryl methyl sites for hydroxylation is 2. The Balaban J connectivity index is 2.32. The van der Waals surface area contributed by atoms with Crippen LogP contribution in [0.1, 0.15) is 49.2 Å². The summed E-state index contributed by atoms with van der Waals surface area (Å²) in [5.41, 5.74) is 2.13. The molecule has 4 heteroatoms. The molecule has 0 aliphatic heterocycles. The third kappa shape index (κ3) is 3.61. The molecule has 2 N–H and O–H groups in total. The smallest absolute Gasteiger partial charge is 0.138 e. The number of hydrogen-bond acceptors (Lipinski definition) is 4. The normalized spacial score (nSPS) is 13.0. The van der Waals surface area contributed by atoms with Crippen molar-refractivity contribution < 1.29 is 9.63 Å². The van der Waals surface area contributed by atoms with E-state index in [-0.39, 0.29) is 6.04 Å². The lowest BCUT2D eigenvalue weighted by molar-refractivity contribution is 0.282. The lowest BCUT2D eigenvalue weighted by Crippen LogP contribution is -2.20. The van der Waals surface area contributed by atoms with E-state index in [4.69, 9.17) is 9.63 Å². The molecule has 16 heavy (non-hydrogen) atoms. The molecule has 1 aromatic rings. The number of hydrogen-bond donors (Lipinski definition) is 2. The van der Waals surface area contributed by atoms with Crippen molar-refractivity contribution in [2.24, 2.45) is 0 Å². The standard InChI is InChI=1S/C12H22N2O2/c1-9(13-7-5-4-6-8-15)12-10(2)14-16-11(12)3/h9,13,15H,4-8H2,1-3H3. The van der Waals surface area contributed by atoms with Crippen LogP contribution in [0.2, 0.25) is 0 Å². The molecule has 1 heterocycles. The van der Waals surface area contributed by atoms with Gasteiger partial charge < -0.3 is 14.9 Å². The molecular formula is C12H22N2O2. The van der Waals surface area contributed by atoms with Crippen LogP contribution in [0.5, 0.6) is 0 Å². The molecule has 0 radical (unpaired) electrons. The predicted molar refractivity (Wildman–Crippen MR) is 63.3 cm³/mol. The minimum Gasteiger partial charge on any atom is -0.396 e. The number of nitrogens with zero attached hydrogens (tertiary/aromatic N) is 1. The molecule has 0 spiro atoms. The van der Waals surface area contributed by atoms with Crippen molar-refractivity contribution in [2.45, 2.75) is 46.1 Å². The van der Waals surface area contributed by atoms with Gasteiger partial charge in [-0.15, -0.1) is 0 Å². The Morgan fingerprint density at radius 1 is 1.31 bits per heavy atom. The van der Waals surface area contributed by atoms with E-state index in [0.717, 1.165) is 37.3 Å². The van der Waals surface area contributed by atoms with Gasteiger partial charge >= 0.3 is 0 Å². The Bertz CT molecular complexity index is 290.